The van der Waals surface area contributed by atoms with Gasteiger partial charge < -0.3 is 33.9 Å². The normalized spacial score (nSPS) is 44.4. The predicted octanol–water partition coefficient (Wildman–Crippen LogP) is 5.66. The summed E-state index contributed by atoms with van der Waals surface area (Å²) in [5.41, 5.74) is 1.25. The molecule has 0 aromatic rings. The highest BCUT2D eigenvalue weighted by Crippen LogP contribution is 2.47. The minimum Gasteiger partial charge on any atom is -0.462 e. The molecular formula is C38H54O9. The first-order valence-electron chi connectivity index (χ1n) is 17.3. The Hall–Kier alpha value is -2.56. The van der Waals surface area contributed by atoms with Gasteiger partial charge in [0, 0.05) is 25.2 Å². The number of rotatable bonds is 3. The van der Waals surface area contributed by atoms with Crippen molar-refractivity contribution in [3.63, 3.8) is 0 Å². The van der Waals surface area contributed by atoms with Gasteiger partial charge in [-0.3, -0.25) is 9.59 Å². The molecule has 0 aromatic carbocycles. The molecule has 11 atom stereocenters. The Labute approximate surface area is 279 Å². The van der Waals surface area contributed by atoms with E-state index < -0.39 is 47.7 Å². The number of hydrogen-bond acceptors (Lipinski definition) is 9. The second-order valence-electron chi connectivity index (χ2n) is 14.8. The van der Waals surface area contributed by atoms with Crippen molar-refractivity contribution in [1.29, 1.82) is 0 Å². The van der Waals surface area contributed by atoms with E-state index in [9.17, 15) is 19.8 Å². The molecule has 0 amide bonds. The average molecular weight is 655 g/mol. The van der Waals surface area contributed by atoms with E-state index in [-0.39, 0.29) is 36.6 Å². The third-order valence-electron chi connectivity index (χ3n) is 10.8. The lowest BCUT2D eigenvalue weighted by atomic mass is 9.71. The fourth-order valence-corrected chi connectivity index (χ4v) is 7.77. The average Bonchev–Trinajstić information content (AvgIpc) is 3.37. The van der Waals surface area contributed by atoms with Crippen LogP contribution >= 0.6 is 0 Å². The van der Waals surface area contributed by atoms with Crippen molar-refractivity contribution in [1.82, 2.24) is 0 Å². The summed E-state index contributed by atoms with van der Waals surface area (Å²) in [6.07, 6.45) is 10.5. The lowest BCUT2D eigenvalue weighted by Crippen LogP contribution is -2.58. The van der Waals surface area contributed by atoms with Gasteiger partial charge in [-0.2, -0.15) is 0 Å². The van der Waals surface area contributed by atoms with E-state index in [4.69, 9.17) is 23.7 Å². The molecule has 3 saturated heterocycles. The van der Waals surface area contributed by atoms with Gasteiger partial charge in [0.25, 0.3) is 0 Å². The first-order chi connectivity index (χ1) is 22.2. The van der Waals surface area contributed by atoms with E-state index in [2.05, 4.69) is 26.0 Å². The van der Waals surface area contributed by atoms with E-state index in [1.807, 2.05) is 40.7 Å². The van der Waals surface area contributed by atoms with Crippen LogP contribution < -0.4 is 0 Å². The molecule has 3 fully saturated rings. The molecule has 0 aromatic heterocycles. The molecule has 1 spiro atoms. The first-order valence-corrected chi connectivity index (χ1v) is 17.3. The zero-order valence-corrected chi connectivity index (χ0v) is 29.2. The molecule has 5 rings (SSSR count). The van der Waals surface area contributed by atoms with Crippen LogP contribution in [0.1, 0.15) is 87.5 Å². The van der Waals surface area contributed by atoms with Crippen molar-refractivity contribution in [3.05, 3.63) is 58.7 Å². The maximum atomic E-state index is 14.1. The summed E-state index contributed by atoms with van der Waals surface area (Å²) in [6.45, 7) is 15.6. The van der Waals surface area contributed by atoms with E-state index in [1.54, 1.807) is 25.2 Å². The molecule has 0 radical (unpaired) electrons. The minimum atomic E-state index is -1.80. The number of fused-ring (bicyclic) bond motifs is 2. The van der Waals surface area contributed by atoms with Crippen LogP contribution in [0.5, 0.6) is 0 Å². The summed E-state index contributed by atoms with van der Waals surface area (Å²) >= 11 is 0. The van der Waals surface area contributed by atoms with E-state index in [0.717, 1.165) is 17.6 Å². The van der Waals surface area contributed by atoms with Gasteiger partial charge >= 0.3 is 11.9 Å². The Morgan fingerprint density at radius 3 is 2.60 bits per heavy atom. The van der Waals surface area contributed by atoms with Crippen molar-refractivity contribution in [3.8, 4) is 0 Å². The quantitative estimate of drug-likeness (QED) is 0.294. The van der Waals surface area contributed by atoms with Gasteiger partial charge in [-0.05, 0) is 68.7 Å². The molecule has 0 saturated carbocycles. The van der Waals surface area contributed by atoms with Crippen LogP contribution in [0, 0.1) is 23.7 Å². The number of aliphatic hydroxyl groups excluding tert-OH is 1. The zero-order valence-electron chi connectivity index (χ0n) is 29.2. The van der Waals surface area contributed by atoms with Crippen LogP contribution in [0.4, 0.5) is 0 Å². The van der Waals surface area contributed by atoms with Crippen molar-refractivity contribution in [2.75, 3.05) is 6.61 Å². The highest BCUT2D eigenvalue weighted by atomic mass is 16.7. The topological polar surface area (TPSA) is 121 Å². The molecule has 9 heteroatoms. The van der Waals surface area contributed by atoms with Gasteiger partial charge in [-0.25, -0.2) is 0 Å². The van der Waals surface area contributed by atoms with Gasteiger partial charge in [0.1, 0.15) is 35.9 Å². The summed E-state index contributed by atoms with van der Waals surface area (Å²) < 4.78 is 31.9. The fourth-order valence-electron chi connectivity index (χ4n) is 7.77. The highest BCUT2D eigenvalue weighted by Gasteiger charge is 2.60. The fraction of sp³-hybridized carbons (Fsp3) is 0.684. The molecule has 2 N–H and O–H groups in total. The number of hydrogen-bond donors (Lipinski definition) is 2. The Morgan fingerprint density at radius 1 is 1.15 bits per heavy atom. The SMILES string of the molecule is C/C=C(\C)[C@H]1O[C@]2(CC[C@@H]1C)C[C@@H]1C[C@@H](C/C=C(\C)C(OC(=O)C(C)C)[C@@H](C)/C=C/C=C3\CO[C@@H]4[C@H](O)C(C)=C[C@@H](C(=O)O1)[C@]34O)O2. The highest BCUT2D eigenvalue weighted by molar-refractivity contribution is 5.78. The number of carbonyl (C=O) groups is 2. The van der Waals surface area contributed by atoms with E-state index in [1.165, 1.54) is 0 Å². The number of allylic oxidation sites excluding steroid dienone is 3. The van der Waals surface area contributed by atoms with Gasteiger partial charge in [0.05, 0.1) is 24.7 Å². The second kappa shape index (κ2) is 14.1. The second-order valence-corrected chi connectivity index (χ2v) is 14.8. The van der Waals surface area contributed by atoms with Crippen LogP contribution in [0.15, 0.2) is 58.7 Å². The lowest BCUT2D eigenvalue weighted by Gasteiger charge is -2.50. The Morgan fingerprint density at radius 2 is 1.89 bits per heavy atom. The zero-order chi connectivity index (χ0) is 34.3. The number of carbonyl (C=O) groups excluding carboxylic acids is 2. The predicted molar refractivity (Wildman–Crippen MR) is 177 cm³/mol. The molecule has 260 valence electrons. The van der Waals surface area contributed by atoms with Crippen LogP contribution in [-0.2, 0) is 33.3 Å². The van der Waals surface area contributed by atoms with Crippen LogP contribution in [0.25, 0.3) is 0 Å². The summed E-state index contributed by atoms with van der Waals surface area (Å²) in [6, 6.07) is 0. The Kier molecular flexibility index (Phi) is 10.7. The van der Waals surface area contributed by atoms with Crippen molar-refractivity contribution >= 4 is 11.9 Å². The van der Waals surface area contributed by atoms with Gasteiger partial charge in [-0.15, -0.1) is 0 Å². The monoisotopic (exact) mass is 654 g/mol. The maximum absolute atomic E-state index is 14.1. The van der Waals surface area contributed by atoms with Crippen molar-refractivity contribution in [2.45, 2.75) is 136 Å². The van der Waals surface area contributed by atoms with Crippen molar-refractivity contribution in [2.24, 2.45) is 23.7 Å². The van der Waals surface area contributed by atoms with Crippen LogP contribution in [0.3, 0.4) is 0 Å². The largest absolute Gasteiger partial charge is 0.462 e. The molecule has 4 heterocycles. The molecule has 4 aliphatic heterocycles. The van der Waals surface area contributed by atoms with E-state index >= 15 is 0 Å². The molecular weight excluding hydrogens is 600 g/mol. The molecule has 9 nitrogen and oxygen atoms in total. The molecule has 1 unspecified atom stereocenters. The third-order valence-corrected chi connectivity index (χ3v) is 10.8. The number of aliphatic hydroxyl groups is 2. The van der Waals surface area contributed by atoms with Crippen LogP contribution in [0.2, 0.25) is 0 Å². The summed E-state index contributed by atoms with van der Waals surface area (Å²) in [5.74, 6) is -3.06. The molecule has 1 aliphatic carbocycles. The Balaban J connectivity index is 1.57. The summed E-state index contributed by atoms with van der Waals surface area (Å²) in [4.78, 5) is 26.9. The smallest absolute Gasteiger partial charge is 0.316 e. The van der Waals surface area contributed by atoms with Crippen LogP contribution in [-0.4, -0.2) is 76.8 Å². The van der Waals surface area contributed by atoms with Crippen molar-refractivity contribution < 1.29 is 43.5 Å². The van der Waals surface area contributed by atoms with Gasteiger partial charge in [0.15, 0.2) is 5.79 Å². The molecule has 2 bridgehead atoms. The minimum absolute atomic E-state index is 0.0483. The molecule has 5 aliphatic rings. The summed E-state index contributed by atoms with van der Waals surface area (Å²) in [7, 11) is 0. The number of esters is 2. The third kappa shape index (κ3) is 7.11. The first kappa shape index (κ1) is 35.7. The van der Waals surface area contributed by atoms with Gasteiger partial charge in [-0.1, -0.05) is 64.2 Å². The lowest BCUT2D eigenvalue weighted by molar-refractivity contribution is -0.329. The number of ether oxygens (including phenoxy) is 5. The standard InChI is InChI=1S/C38H54O9/c1-9-22(4)33-25(7)15-16-37(47-33)19-29-18-28(46-37)14-13-24(6)32(45-35(40)21(2)3)23(5)11-10-12-27-20-43-34-31(39)26(8)17-30(36(41)44-29)38(27,34)42/h9-13,17,21,23,25,28-34,39,42H,14-16,18-20H2,1-8H3/b11-10+,22-9+,24-13+,27-12+/t23-,25-,28+,29-,30-,31+,32?,33+,34+,37+,38+/m0/s1. The van der Waals surface area contributed by atoms with Gasteiger partial charge in [0.2, 0.25) is 0 Å². The Bertz CT molecular complexity index is 1360. The van der Waals surface area contributed by atoms with E-state index in [0.29, 0.717) is 42.7 Å². The molecule has 47 heavy (non-hydrogen) atoms. The summed E-state index contributed by atoms with van der Waals surface area (Å²) in [5, 5.41) is 23.3. The maximum Gasteiger partial charge on any atom is 0.316 e.